The molecule has 9 nitrogen and oxygen atoms in total. The Morgan fingerprint density at radius 3 is 2.61 bits per heavy atom. The lowest BCUT2D eigenvalue weighted by atomic mass is 9.95. The Labute approximate surface area is 199 Å². The van der Waals surface area contributed by atoms with Crippen LogP contribution in [0.15, 0.2) is 5.16 Å². The number of carbonyl (C=O) groups excluding carboxylic acids is 1. The second-order valence-electron chi connectivity index (χ2n) is 8.67. The summed E-state index contributed by atoms with van der Waals surface area (Å²) in [6.07, 6.45) is 5.79. The molecule has 3 heterocycles. The molecule has 4 rings (SSSR count). The lowest BCUT2D eigenvalue weighted by Crippen LogP contribution is -2.38. The van der Waals surface area contributed by atoms with Gasteiger partial charge in [0.2, 0.25) is 11.9 Å². The molecule has 1 N–H and O–H groups in total. The van der Waals surface area contributed by atoms with Crippen LogP contribution in [0.5, 0.6) is 0 Å². The van der Waals surface area contributed by atoms with Crippen LogP contribution < -0.4 is 10.2 Å². The molecule has 0 atom stereocenters. The molecule has 1 amide bonds. The molecule has 1 aliphatic carbocycles. The summed E-state index contributed by atoms with van der Waals surface area (Å²) >= 11 is 1.38. The summed E-state index contributed by atoms with van der Waals surface area (Å²) in [5.74, 6) is 1.55. The van der Waals surface area contributed by atoms with Gasteiger partial charge in [0.1, 0.15) is 11.9 Å². The van der Waals surface area contributed by atoms with Gasteiger partial charge in [0.25, 0.3) is 0 Å². The number of nitrogens with zero attached hydrogens (tertiary/aromatic N) is 6. The molecule has 2 aromatic heterocycles. The normalized spacial score (nSPS) is 17.2. The largest absolute Gasteiger partial charge is 0.378 e. The summed E-state index contributed by atoms with van der Waals surface area (Å²) in [5.41, 5.74) is 2.59. The number of ether oxygens (including phenoxy) is 1. The molecule has 2 aromatic rings. The highest BCUT2D eigenvalue weighted by Gasteiger charge is 2.26. The highest BCUT2D eigenvalue weighted by Crippen LogP contribution is 2.37. The molecular formula is C23H33N7O2S. The fourth-order valence-electron chi connectivity index (χ4n) is 4.84. The third-order valence-corrected chi connectivity index (χ3v) is 7.67. The average molecular weight is 472 g/mol. The second kappa shape index (κ2) is 10.6. The molecular weight excluding hydrogens is 438 g/mol. The lowest BCUT2D eigenvalue weighted by Gasteiger charge is -2.27. The molecule has 0 radical (unpaired) electrons. The van der Waals surface area contributed by atoms with Gasteiger partial charge >= 0.3 is 0 Å². The molecule has 0 aromatic carbocycles. The van der Waals surface area contributed by atoms with Gasteiger partial charge in [-0.3, -0.25) is 9.36 Å². The van der Waals surface area contributed by atoms with Crippen molar-refractivity contribution in [3.05, 3.63) is 16.8 Å². The molecule has 0 spiro atoms. The quantitative estimate of drug-likeness (QED) is 0.615. The van der Waals surface area contributed by atoms with E-state index in [2.05, 4.69) is 38.0 Å². The van der Waals surface area contributed by atoms with Crippen LogP contribution in [-0.4, -0.2) is 57.3 Å². The number of hydrogen-bond acceptors (Lipinski definition) is 7. The van der Waals surface area contributed by atoms with Crippen LogP contribution in [0.25, 0.3) is 0 Å². The Morgan fingerprint density at radius 1 is 1.21 bits per heavy atom. The van der Waals surface area contributed by atoms with E-state index >= 15 is 0 Å². The predicted molar refractivity (Wildman–Crippen MR) is 129 cm³/mol. The van der Waals surface area contributed by atoms with Crippen molar-refractivity contribution in [2.24, 2.45) is 0 Å². The van der Waals surface area contributed by atoms with E-state index in [1.165, 1.54) is 31.0 Å². The van der Waals surface area contributed by atoms with E-state index in [1.54, 1.807) is 0 Å². The van der Waals surface area contributed by atoms with Crippen LogP contribution in [0.3, 0.4) is 0 Å². The van der Waals surface area contributed by atoms with Crippen molar-refractivity contribution in [2.45, 2.75) is 70.6 Å². The number of nitriles is 1. The zero-order chi connectivity index (χ0) is 23.4. The average Bonchev–Trinajstić information content (AvgIpc) is 3.36. The van der Waals surface area contributed by atoms with Gasteiger partial charge in [0, 0.05) is 31.4 Å². The Kier molecular flexibility index (Phi) is 7.60. The van der Waals surface area contributed by atoms with Crippen LogP contribution in [0.2, 0.25) is 0 Å². The van der Waals surface area contributed by atoms with E-state index in [0.717, 1.165) is 54.8 Å². The van der Waals surface area contributed by atoms with E-state index in [-0.39, 0.29) is 11.7 Å². The molecule has 1 saturated heterocycles. The Bertz CT molecular complexity index is 1030. The van der Waals surface area contributed by atoms with E-state index < -0.39 is 0 Å². The zero-order valence-electron chi connectivity index (χ0n) is 19.8. The maximum Gasteiger partial charge on any atom is 0.235 e. The number of anilines is 2. The van der Waals surface area contributed by atoms with Crippen LogP contribution in [-0.2, 0) is 16.1 Å². The lowest BCUT2D eigenvalue weighted by molar-refractivity contribution is -0.113. The predicted octanol–water partition coefficient (Wildman–Crippen LogP) is 3.66. The minimum atomic E-state index is -0.135. The molecule has 1 aliphatic heterocycles. The van der Waals surface area contributed by atoms with Crippen LogP contribution >= 0.6 is 11.8 Å². The van der Waals surface area contributed by atoms with Gasteiger partial charge in [-0.1, -0.05) is 31.0 Å². The first-order valence-electron chi connectivity index (χ1n) is 11.8. The van der Waals surface area contributed by atoms with Crippen molar-refractivity contribution in [3.8, 4) is 6.07 Å². The smallest absolute Gasteiger partial charge is 0.235 e. The molecule has 1 saturated carbocycles. The number of amides is 1. The summed E-state index contributed by atoms with van der Waals surface area (Å²) in [4.78, 5) is 15.2. The van der Waals surface area contributed by atoms with Crippen molar-refractivity contribution in [1.82, 2.24) is 19.3 Å². The van der Waals surface area contributed by atoms with Gasteiger partial charge in [-0.15, -0.1) is 10.2 Å². The number of nitrogens with one attached hydrogen (secondary N) is 1. The monoisotopic (exact) mass is 471 g/mol. The summed E-state index contributed by atoms with van der Waals surface area (Å²) in [6.45, 7) is 9.74. The minimum absolute atomic E-state index is 0.135. The van der Waals surface area contributed by atoms with E-state index in [9.17, 15) is 10.1 Å². The second-order valence-corrected chi connectivity index (χ2v) is 9.61. The zero-order valence-corrected chi connectivity index (χ0v) is 20.6. The van der Waals surface area contributed by atoms with Gasteiger partial charge < -0.3 is 19.5 Å². The van der Waals surface area contributed by atoms with Gasteiger partial charge in [-0.05, 0) is 39.2 Å². The van der Waals surface area contributed by atoms with Crippen molar-refractivity contribution < 1.29 is 9.53 Å². The Balaban J connectivity index is 1.48. The molecule has 0 unspecified atom stereocenters. The first kappa shape index (κ1) is 23.6. The number of morpholine rings is 1. The highest BCUT2D eigenvalue weighted by molar-refractivity contribution is 7.99. The van der Waals surface area contributed by atoms with Gasteiger partial charge in [0.15, 0.2) is 5.16 Å². The topological polar surface area (TPSA) is 101 Å². The van der Waals surface area contributed by atoms with Crippen molar-refractivity contribution >= 4 is 29.4 Å². The number of hydrogen-bond donors (Lipinski definition) is 1. The summed E-state index contributed by atoms with van der Waals surface area (Å²) in [6, 6.07) is 2.65. The first-order chi connectivity index (χ1) is 16.0. The standard InChI is InChI=1S/C23H33N7O2S/c1-4-29-22(28-10-12-32-13-11-28)26-27-23(29)33-15-20(31)25-21-19(14-24)16(2)17(3)30(21)18-8-6-5-7-9-18/h18H,4-13,15H2,1-3H3,(H,25,31). The molecule has 10 heteroatoms. The minimum Gasteiger partial charge on any atom is -0.378 e. The van der Waals surface area contributed by atoms with Crippen molar-refractivity contribution in [3.63, 3.8) is 0 Å². The van der Waals surface area contributed by atoms with Gasteiger partial charge in [-0.2, -0.15) is 5.26 Å². The Hall–Kier alpha value is -2.51. The third kappa shape index (κ3) is 4.89. The number of aromatic nitrogens is 4. The molecule has 0 bridgehead atoms. The van der Waals surface area contributed by atoms with E-state index in [0.29, 0.717) is 30.6 Å². The fraction of sp³-hybridized carbons (Fsp3) is 0.652. The summed E-state index contributed by atoms with van der Waals surface area (Å²) < 4.78 is 9.68. The van der Waals surface area contributed by atoms with Gasteiger partial charge in [-0.25, -0.2) is 0 Å². The van der Waals surface area contributed by atoms with E-state index in [1.807, 2.05) is 18.4 Å². The van der Waals surface area contributed by atoms with Crippen LogP contribution in [0, 0.1) is 25.2 Å². The Morgan fingerprint density at radius 2 is 1.94 bits per heavy atom. The van der Waals surface area contributed by atoms with Crippen LogP contribution in [0.1, 0.15) is 61.9 Å². The maximum absolute atomic E-state index is 13.0. The highest BCUT2D eigenvalue weighted by atomic mass is 32.2. The molecule has 2 fully saturated rings. The number of carbonyl (C=O) groups is 1. The maximum atomic E-state index is 13.0. The number of thioether (sulfide) groups is 1. The fourth-order valence-corrected chi connectivity index (χ4v) is 5.64. The summed E-state index contributed by atoms with van der Waals surface area (Å²) in [7, 11) is 0. The first-order valence-corrected chi connectivity index (χ1v) is 12.8. The van der Waals surface area contributed by atoms with E-state index in [4.69, 9.17) is 4.74 Å². The van der Waals surface area contributed by atoms with Gasteiger partial charge in [0.05, 0.1) is 24.5 Å². The molecule has 33 heavy (non-hydrogen) atoms. The van der Waals surface area contributed by atoms with Crippen molar-refractivity contribution in [2.75, 3.05) is 42.3 Å². The SMILES string of the molecule is CCn1c(SCC(=O)Nc2c(C#N)c(C)c(C)n2C2CCCCC2)nnc1N1CCOCC1. The summed E-state index contributed by atoms with van der Waals surface area (Å²) in [5, 5.41) is 22.3. The third-order valence-electron chi connectivity index (χ3n) is 6.71. The van der Waals surface area contributed by atoms with Crippen LogP contribution in [0.4, 0.5) is 11.8 Å². The molecule has 178 valence electrons. The van der Waals surface area contributed by atoms with Crippen molar-refractivity contribution in [1.29, 1.82) is 5.26 Å². The molecule has 2 aliphatic rings. The number of rotatable bonds is 7.